The molecule has 4 amide bonds. The van der Waals surface area contributed by atoms with Gasteiger partial charge in [0, 0.05) is 92.1 Å². The van der Waals surface area contributed by atoms with Crippen LogP contribution < -0.4 is 19.7 Å². The summed E-state index contributed by atoms with van der Waals surface area (Å²) in [5.74, 6) is 0.744. The molecule has 2 saturated carbocycles. The number of ether oxygens (including phenoxy) is 4. The third-order valence-electron chi connectivity index (χ3n) is 15.1. The molecule has 6 saturated heterocycles. The number of piperidine rings is 2. The number of hydrogen-bond donors (Lipinski definition) is 1. The van der Waals surface area contributed by atoms with Crippen molar-refractivity contribution in [3.63, 3.8) is 0 Å². The first-order chi connectivity index (χ1) is 34.7. The molecule has 71 heavy (non-hydrogen) atoms. The number of imide groups is 2. The van der Waals surface area contributed by atoms with E-state index in [0.29, 0.717) is 52.4 Å². The number of benzene rings is 4. The lowest BCUT2D eigenvalue weighted by Crippen LogP contribution is -2.57. The van der Waals surface area contributed by atoms with Crippen molar-refractivity contribution in [2.45, 2.75) is 113 Å². The molecule has 0 radical (unpaired) electrons. The smallest absolute Gasteiger partial charge is 0.261 e. The highest BCUT2D eigenvalue weighted by Crippen LogP contribution is 2.39. The second-order valence-electron chi connectivity index (χ2n) is 19.6. The first kappa shape index (κ1) is 45.7. The molecule has 6 aromatic rings. The van der Waals surface area contributed by atoms with Gasteiger partial charge in [-0.15, -0.1) is 0 Å². The summed E-state index contributed by atoms with van der Waals surface area (Å²) in [7, 11) is 0. The van der Waals surface area contributed by atoms with Crippen LogP contribution >= 0.6 is 15.9 Å². The summed E-state index contributed by atoms with van der Waals surface area (Å²) >= 11 is 3.50. The number of fused-ring (bicyclic) bond motifs is 8. The summed E-state index contributed by atoms with van der Waals surface area (Å²) in [4.78, 5) is 74.3. The van der Waals surface area contributed by atoms with Crippen LogP contribution in [0.5, 0.6) is 11.5 Å². The molecule has 2 aliphatic carbocycles. The summed E-state index contributed by atoms with van der Waals surface area (Å²) in [6.45, 7) is 3.92. The number of halogens is 1. The van der Waals surface area contributed by atoms with E-state index in [2.05, 4.69) is 58.2 Å². The van der Waals surface area contributed by atoms with E-state index in [1.807, 2.05) is 12.1 Å². The lowest BCUT2D eigenvalue weighted by atomic mass is 9.91. The Balaban J connectivity index is 0.000000129. The average Bonchev–Trinajstić information content (AvgIpc) is 3.80. The van der Waals surface area contributed by atoms with Gasteiger partial charge >= 0.3 is 0 Å². The second kappa shape index (κ2) is 19.3. The van der Waals surface area contributed by atoms with E-state index >= 15 is 0 Å². The molecule has 17 heteroatoms. The number of rotatable bonds is 7. The fraction of sp³-hybridized carbons (Fsp3) is 0.407. The van der Waals surface area contributed by atoms with Crippen LogP contribution in [0.15, 0.2) is 102 Å². The molecule has 4 aromatic carbocycles. The monoisotopic (exact) mass is 1020 g/mol. The van der Waals surface area contributed by atoms with Gasteiger partial charge in [0.15, 0.2) is 0 Å². The second-order valence-corrected chi connectivity index (χ2v) is 20.6. The number of amides is 4. The Bertz CT molecular complexity index is 2950. The van der Waals surface area contributed by atoms with Gasteiger partial charge < -0.3 is 29.2 Å². The molecule has 2 aromatic heterocycles. The van der Waals surface area contributed by atoms with E-state index in [4.69, 9.17) is 18.9 Å². The lowest BCUT2D eigenvalue weighted by molar-refractivity contribution is -0.143. The number of morpholine rings is 2. The van der Waals surface area contributed by atoms with E-state index in [0.717, 1.165) is 122 Å². The summed E-state index contributed by atoms with van der Waals surface area (Å²) < 4.78 is 24.8. The van der Waals surface area contributed by atoms with E-state index in [-0.39, 0.29) is 47.9 Å². The normalized spacial score (nSPS) is 27.1. The van der Waals surface area contributed by atoms with Gasteiger partial charge in [-0.2, -0.15) is 0 Å². The van der Waals surface area contributed by atoms with E-state index < -0.39 is 0 Å². The zero-order valence-corrected chi connectivity index (χ0v) is 40.6. The Hall–Kier alpha value is -6.40. The van der Waals surface area contributed by atoms with Crippen molar-refractivity contribution in [3.8, 4) is 11.5 Å². The van der Waals surface area contributed by atoms with Crippen molar-refractivity contribution >= 4 is 67.3 Å². The van der Waals surface area contributed by atoms with Crippen molar-refractivity contribution in [1.29, 1.82) is 0 Å². The van der Waals surface area contributed by atoms with Crippen molar-refractivity contribution in [2.75, 3.05) is 31.1 Å². The fourth-order valence-corrected chi connectivity index (χ4v) is 11.9. The van der Waals surface area contributed by atoms with Crippen LogP contribution in [0.4, 0.5) is 5.69 Å². The van der Waals surface area contributed by atoms with E-state index in [1.54, 1.807) is 73.3 Å². The quantitative estimate of drug-likeness (QED) is 0.154. The van der Waals surface area contributed by atoms with E-state index in [1.165, 1.54) is 16.2 Å². The molecule has 1 N–H and O–H groups in total. The Labute approximate surface area is 418 Å². The highest BCUT2D eigenvalue weighted by molar-refractivity contribution is 9.10. The van der Waals surface area contributed by atoms with Crippen LogP contribution in [0.2, 0.25) is 0 Å². The standard InChI is InChI=1S/C27H26N4O4.C22H18BrN3O3.C5H9NO/c32-26-21-3-1-2-4-22(21)27(33)31(26)16-5-7-18(8-6-16)35-24-12-17(11-23-25(24)29-10-9-28-23)30-14-19-13-20(15-30)34-19;23-13-11-18-20(25-10-9-24-18)19(12-13)29-15-7-5-14(6-8-15)26-21(27)16-3-1-2-4-17(16)22(26)28;1-4-2-6-3-5(1)7-4/h1-4,9-12,16,18-20H,5-8,13-15H2;1-4,9-12,14-15H,5-8H2;4-6H,1-3H2. The molecule has 10 heterocycles. The van der Waals surface area contributed by atoms with Crippen LogP contribution in [0.25, 0.3) is 22.1 Å². The number of aromatic nitrogens is 4. The van der Waals surface area contributed by atoms with Crippen LogP contribution in [-0.4, -0.2) is 128 Å². The molecule has 8 fully saturated rings. The van der Waals surface area contributed by atoms with Gasteiger partial charge in [0.25, 0.3) is 23.6 Å². The zero-order valence-electron chi connectivity index (χ0n) is 39.0. The SMILES string of the molecule is C1NCC2CC1O2.O=C1c2ccccc2C(=O)N1C1CCC(Oc2cc(Br)cc3nccnc23)CC1.O=C1c2ccccc2C(=O)N1C1CCC(Oc2cc(N3CC4CC(C3)O4)cc3nccnc23)CC1. The number of nitrogens with zero attached hydrogens (tertiary/aromatic N) is 7. The fourth-order valence-electron chi connectivity index (χ4n) is 11.5. The molecule has 4 bridgehead atoms. The van der Waals surface area contributed by atoms with Crippen LogP contribution in [-0.2, 0) is 9.47 Å². The van der Waals surface area contributed by atoms with Gasteiger partial charge in [-0.3, -0.25) is 38.9 Å². The van der Waals surface area contributed by atoms with Gasteiger partial charge in [0.1, 0.15) is 22.5 Å². The van der Waals surface area contributed by atoms with Gasteiger partial charge in [0.05, 0.1) is 69.9 Å². The van der Waals surface area contributed by atoms with Crippen molar-refractivity contribution < 1.29 is 38.1 Å². The summed E-state index contributed by atoms with van der Waals surface area (Å²) in [5.41, 5.74) is 6.22. The highest BCUT2D eigenvalue weighted by atomic mass is 79.9. The average molecular weight is 1020 g/mol. The maximum absolute atomic E-state index is 12.9. The molecule has 16 rings (SSSR count). The van der Waals surface area contributed by atoms with Crippen molar-refractivity contribution in [1.82, 2.24) is 35.1 Å². The molecule has 0 spiro atoms. The van der Waals surface area contributed by atoms with Gasteiger partial charge in [-0.25, -0.2) is 9.97 Å². The van der Waals surface area contributed by atoms with Gasteiger partial charge in [-0.05, 0) is 93.8 Å². The topological polar surface area (TPSA) is 179 Å². The molecule has 4 atom stereocenters. The first-order valence-corrected chi connectivity index (χ1v) is 25.7. The number of hydrogen-bond acceptors (Lipinski definition) is 14. The molecule has 8 aliphatic heterocycles. The number of nitrogens with one attached hydrogen (secondary N) is 1. The number of carbonyl (C=O) groups is 4. The lowest BCUT2D eigenvalue weighted by Gasteiger charge is -2.48. The molecule has 364 valence electrons. The first-order valence-electron chi connectivity index (χ1n) is 24.9. The Morgan fingerprint density at radius 2 is 0.930 bits per heavy atom. The molecular formula is C54H53BrN8O8. The summed E-state index contributed by atoms with van der Waals surface area (Å²) in [6.07, 6.45) is 16.9. The molecule has 16 nitrogen and oxygen atoms in total. The van der Waals surface area contributed by atoms with Crippen LogP contribution in [0, 0.1) is 0 Å². The third kappa shape index (κ3) is 9.02. The maximum atomic E-state index is 12.9. The summed E-state index contributed by atoms with van der Waals surface area (Å²) in [6, 6.07) is 21.9. The zero-order chi connectivity index (χ0) is 48.2. The van der Waals surface area contributed by atoms with Gasteiger partial charge in [0.2, 0.25) is 0 Å². The van der Waals surface area contributed by atoms with Crippen LogP contribution in [0.1, 0.15) is 106 Å². The third-order valence-corrected chi connectivity index (χ3v) is 15.5. The Morgan fingerprint density at radius 3 is 1.35 bits per heavy atom. The minimum atomic E-state index is -0.178. The number of carbonyl (C=O) groups excluding carboxylic acids is 4. The number of anilines is 1. The molecular weight excluding hydrogens is 969 g/mol. The van der Waals surface area contributed by atoms with Gasteiger partial charge in [-0.1, -0.05) is 40.2 Å². The van der Waals surface area contributed by atoms with E-state index in [9.17, 15) is 19.2 Å². The van der Waals surface area contributed by atoms with Crippen molar-refractivity contribution in [2.24, 2.45) is 0 Å². The molecule has 4 unspecified atom stereocenters. The predicted molar refractivity (Wildman–Crippen MR) is 266 cm³/mol. The summed E-state index contributed by atoms with van der Waals surface area (Å²) in [5, 5.41) is 3.26. The van der Waals surface area contributed by atoms with Crippen molar-refractivity contribution in [3.05, 3.63) is 124 Å². The minimum absolute atomic E-state index is 0.0000181. The Kier molecular flexibility index (Phi) is 12.4. The maximum Gasteiger partial charge on any atom is 0.261 e. The minimum Gasteiger partial charge on any atom is -0.488 e. The Morgan fingerprint density at radius 1 is 0.521 bits per heavy atom. The predicted octanol–water partition coefficient (Wildman–Crippen LogP) is 7.72. The molecule has 10 aliphatic rings. The highest BCUT2D eigenvalue weighted by Gasteiger charge is 2.43. The van der Waals surface area contributed by atoms with Crippen LogP contribution in [0.3, 0.4) is 0 Å². The largest absolute Gasteiger partial charge is 0.488 e.